The van der Waals surface area contributed by atoms with Crippen LogP contribution in [0.4, 0.5) is 0 Å². The molecule has 0 aliphatic rings. The van der Waals surface area contributed by atoms with Crippen molar-refractivity contribution in [3.63, 3.8) is 0 Å². The van der Waals surface area contributed by atoms with Crippen LogP contribution in [0.25, 0.3) is 0 Å². The highest BCUT2D eigenvalue weighted by atomic mass is 35.5. The number of halogens is 1. The molecule has 0 unspecified atom stereocenters. The third-order valence-electron chi connectivity index (χ3n) is 1.87. The number of nitrogens with two attached hydrogens (primary N) is 1. The Morgan fingerprint density at radius 3 is 2.43 bits per heavy atom. The molecule has 1 aromatic rings. The van der Waals surface area contributed by atoms with Gasteiger partial charge in [0.1, 0.15) is 0 Å². The molecule has 0 bridgehead atoms. The van der Waals surface area contributed by atoms with E-state index in [0.29, 0.717) is 10.6 Å². The highest BCUT2D eigenvalue weighted by Gasteiger charge is 2.15. The van der Waals surface area contributed by atoms with Gasteiger partial charge in [0.15, 0.2) is 9.84 Å². The van der Waals surface area contributed by atoms with E-state index in [1.54, 1.807) is 19.1 Å². The lowest BCUT2D eigenvalue weighted by atomic mass is 10.1. The van der Waals surface area contributed by atoms with E-state index in [9.17, 15) is 8.42 Å². The maximum atomic E-state index is 11.4. The zero-order valence-corrected chi connectivity index (χ0v) is 9.56. The molecule has 5 heteroatoms. The molecule has 0 fully saturated rings. The fourth-order valence-corrected chi connectivity index (χ4v) is 2.47. The van der Waals surface area contributed by atoms with Crippen LogP contribution in [0.1, 0.15) is 18.5 Å². The number of rotatable bonds is 2. The smallest absolute Gasteiger partial charge is 0.175 e. The normalized spacial score (nSPS) is 14.0. The van der Waals surface area contributed by atoms with Crippen LogP contribution >= 0.6 is 11.6 Å². The standard InChI is InChI=1S/C9H12ClNO2S/c1-6(11)8-4-3-7(10)5-9(8)14(2,12)13/h3-6H,11H2,1-2H3/t6-/m0/s1. The SMILES string of the molecule is C[C@H](N)c1ccc(Cl)cc1S(C)(=O)=O. The molecule has 1 rings (SSSR count). The van der Waals surface area contributed by atoms with Crippen LogP contribution in [0.2, 0.25) is 5.02 Å². The molecule has 1 aromatic carbocycles. The lowest BCUT2D eigenvalue weighted by Crippen LogP contribution is -2.11. The molecule has 0 radical (unpaired) electrons. The summed E-state index contributed by atoms with van der Waals surface area (Å²) in [6.07, 6.45) is 1.14. The van der Waals surface area contributed by atoms with Crippen LogP contribution in [0.15, 0.2) is 23.1 Å². The average molecular weight is 234 g/mol. The van der Waals surface area contributed by atoms with E-state index < -0.39 is 9.84 Å². The Kier molecular flexibility index (Phi) is 3.19. The van der Waals surface area contributed by atoms with E-state index in [2.05, 4.69) is 0 Å². The van der Waals surface area contributed by atoms with Gasteiger partial charge in [-0.1, -0.05) is 17.7 Å². The van der Waals surface area contributed by atoms with Gasteiger partial charge in [-0.3, -0.25) is 0 Å². The maximum absolute atomic E-state index is 11.4. The number of benzene rings is 1. The maximum Gasteiger partial charge on any atom is 0.175 e. The Morgan fingerprint density at radius 1 is 1.43 bits per heavy atom. The molecule has 78 valence electrons. The van der Waals surface area contributed by atoms with Crippen LogP contribution in [0, 0.1) is 0 Å². The average Bonchev–Trinajstić information content (AvgIpc) is 2.01. The summed E-state index contributed by atoms with van der Waals surface area (Å²) < 4.78 is 22.8. The molecular formula is C9H12ClNO2S. The van der Waals surface area contributed by atoms with Gasteiger partial charge in [-0.25, -0.2) is 8.42 Å². The van der Waals surface area contributed by atoms with Crippen molar-refractivity contribution in [3.8, 4) is 0 Å². The second-order valence-corrected chi connectivity index (χ2v) is 5.66. The summed E-state index contributed by atoms with van der Waals surface area (Å²) in [4.78, 5) is 0.208. The van der Waals surface area contributed by atoms with E-state index in [-0.39, 0.29) is 10.9 Å². The van der Waals surface area contributed by atoms with Gasteiger partial charge in [0, 0.05) is 17.3 Å². The lowest BCUT2D eigenvalue weighted by molar-refractivity contribution is 0.599. The predicted molar refractivity (Wildman–Crippen MR) is 57.2 cm³/mol. The van der Waals surface area contributed by atoms with E-state index in [0.717, 1.165) is 6.26 Å². The summed E-state index contributed by atoms with van der Waals surface area (Å²) in [5, 5.41) is 0.398. The van der Waals surface area contributed by atoms with E-state index in [1.165, 1.54) is 6.07 Å². The zero-order valence-electron chi connectivity index (χ0n) is 7.99. The molecule has 1 atom stereocenters. The summed E-state index contributed by atoms with van der Waals surface area (Å²) >= 11 is 5.72. The molecule has 0 aromatic heterocycles. The first-order valence-electron chi connectivity index (χ1n) is 4.07. The zero-order chi connectivity index (χ0) is 10.9. The number of sulfone groups is 1. The fourth-order valence-electron chi connectivity index (χ4n) is 1.21. The number of hydrogen-bond donors (Lipinski definition) is 1. The molecule has 0 aliphatic heterocycles. The lowest BCUT2D eigenvalue weighted by Gasteiger charge is -2.11. The van der Waals surface area contributed by atoms with Crippen molar-refractivity contribution in [2.24, 2.45) is 5.73 Å². The summed E-state index contributed by atoms with van der Waals surface area (Å²) in [5.41, 5.74) is 6.25. The Bertz CT molecular complexity index is 440. The first-order valence-corrected chi connectivity index (χ1v) is 6.34. The highest BCUT2D eigenvalue weighted by molar-refractivity contribution is 7.90. The predicted octanol–water partition coefficient (Wildman–Crippen LogP) is 1.76. The van der Waals surface area contributed by atoms with E-state index >= 15 is 0 Å². The van der Waals surface area contributed by atoms with Gasteiger partial charge in [-0.05, 0) is 24.6 Å². The van der Waals surface area contributed by atoms with Gasteiger partial charge in [-0.15, -0.1) is 0 Å². The minimum Gasteiger partial charge on any atom is -0.324 e. The minimum atomic E-state index is -3.27. The largest absolute Gasteiger partial charge is 0.324 e. The van der Waals surface area contributed by atoms with Crippen molar-refractivity contribution in [1.29, 1.82) is 0 Å². The van der Waals surface area contributed by atoms with Gasteiger partial charge in [0.05, 0.1) is 4.90 Å². The first-order chi connectivity index (χ1) is 6.32. The molecule has 3 nitrogen and oxygen atoms in total. The Hall–Kier alpha value is -0.580. The summed E-state index contributed by atoms with van der Waals surface area (Å²) in [6.45, 7) is 1.73. The van der Waals surface area contributed by atoms with Crippen molar-refractivity contribution in [2.45, 2.75) is 17.9 Å². The van der Waals surface area contributed by atoms with E-state index in [4.69, 9.17) is 17.3 Å². The second kappa shape index (κ2) is 3.88. The molecule has 0 saturated heterocycles. The van der Waals surface area contributed by atoms with Gasteiger partial charge in [0.2, 0.25) is 0 Å². The monoisotopic (exact) mass is 233 g/mol. The summed E-state index contributed by atoms with van der Waals surface area (Å²) in [6, 6.07) is 4.38. The van der Waals surface area contributed by atoms with Crippen molar-refractivity contribution >= 4 is 21.4 Å². The fraction of sp³-hybridized carbons (Fsp3) is 0.333. The van der Waals surface area contributed by atoms with Crippen LogP contribution in [0.3, 0.4) is 0 Å². The van der Waals surface area contributed by atoms with Crippen LogP contribution in [-0.4, -0.2) is 14.7 Å². The Morgan fingerprint density at radius 2 is 2.00 bits per heavy atom. The third-order valence-corrected chi connectivity index (χ3v) is 3.25. The summed E-state index contributed by atoms with van der Waals surface area (Å²) in [5.74, 6) is 0. The van der Waals surface area contributed by atoms with Gasteiger partial charge in [-0.2, -0.15) is 0 Å². The van der Waals surface area contributed by atoms with Gasteiger partial charge >= 0.3 is 0 Å². The van der Waals surface area contributed by atoms with Crippen LogP contribution in [0.5, 0.6) is 0 Å². The van der Waals surface area contributed by atoms with Crippen molar-refractivity contribution in [3.05, 3.63) is 28.8 Å². The molecule has 14 heavy (non-hydrogen) atoms. The Balaban J connectivity index is 3.46. The Labute approximate surface area is 88.8 Å². The quantitative estimate of drug-likeness (QED) is 0.847. The molecule has 0 spiro atoms. The van der Waals surface area contributed by atoms with Crippen LogP contribution in [-0.2, 0) is 9.84 Å². The highest BCUT2D eigenvalue weighted by Crippen LogP contribution is 2.24. The van der Waals surface area contributed by atoms with E-state index in [1.807, 2.05) is 0 Å². The molecule has 0 heterocycles. The summed E-state index contributed by atoms with van der Waals surface area (Å²) in [7, 11) is -3.27. The third kappa shape index (κ3) is 2.47. The molecular weight excluding hydrogens is 222 g/mol. The molecule has 0 saturated carbocycles. The molecule has 2 N–H and O–H groups in total. The van der Waals surface area contributed by atoms with Gasteiger partial charge < -0.3 is 5.73 Å². The molecule has 0 amide bonds. The van der Waals surface area contributed by atoms with Crippen LogP contribution < -0.4 is 5.73 Å². The minimum absolute atomic E-state index is 0.208. The molecule has 0 aliphatic carbocycles. The topological polar surface area (TPSA) is 60.2 Å². The first kappa shape index (κ1) is 11.5. The second-order valence-electron chi connectivity index (χ2n) is 3.24. The van der Waals surface area contributed by atoms with Crippen molar-refractivity contribution in [2.75, 3.05) is 6.26 Å². The number of hydrogen-bond acceptors (Lipinski definition) is 3. The van der Waals surface area contributed by atoms with Crippen molar-refractivity contribution in [1.82, 2.24) is 0 Å². The van der Waals surface area contributed by atoms with Crippen molar-refractivity contribution < 1.29 is 8.42 Å². The van der Waals surface area contributed by atoms with Gasteiger partial charge in [0.25, 0.3) is 0 Å².